The molecule has 0 aliphatic carbocycles. The Hall–Kier alpha value is -1.40. The molecular weight excluding hydrogens is 232 g/mol. The Morgan fingerprint density at radius 2 is 2.28 bits per heavy atom. The lowest BCUT2D eigenvalue weighted by Crippen LogP contribution is -2.47. The van der Waals surface area contributed by atoms with Crippen molar-refractivity contribution in [1.82, 2.24) is 20.0 Å². The molecule has 1 amide bonds. The Balaban J connectivity index is 1.68. The molecular formula is C12H20N4O2. The minimum Gasteiger partial charge on any atom is -0.379 e. The summed E-state index contributed by atoms with van der Waals surface area (Å²) in [6.07, 6.45) is 3.45. The summed E-state index contributed by atoms with van der Waals surface area (Å²) in [5, 5.41) is 6.94. The largest absolute Gasteiger partial charge is 0.379 e. The maximum Gasteiger partial charge on any atom is 0.241 e. The molecule has 1 saturated heterocycles. The summed E-state index contributed by atoms with van der Waals surface area (Å²) < 4.78 is 6.92. The minimum absolute atomic E-state index is 0.00110. The monoisotopic (exact) mass is 252 g/mol. The highest BCUT2D eigenvalue weighted by Gasteiger charge is 2.17. The van der Waals surface area contributed by atoms with Crippen molar-refractivity contribution in [2.24, 2.45) is 0 Å². The van der Waals surface area contributed by atoms with E-state index in [2.05, 4.69) is 22.2 Å². The van der Waals surface area contributed by atoms with E-state index < -0.39 is 0 Å². The number of nitrogens with zero attached hydrogens (tertiary/aromatic N) is 3. The zero-order valence-electron chi connectivity index (χ0n) is 10.7. The Labute approximate surface area is 107 Å². The standard InChI is InChI=1S/C12H20N4O2/c1-11(15-5-7-18-8-6-15)9-13-12(17)10-16-4-2-3-14-16/h2-4,11H,5-10H2,1H3,(H,13,17)/t11-/m0/s1. The summed E-state index contributed by atoms with van der Waals surface area (Å²) in [6.45, 7) is 6.52. The van der Waals surface area contributed by atoms with Crippen LogP contribution in [-0.4, -0.2) is 59.5 Å². The summed E-state index contributed by atoms with van der Waals surface area (Å²) in [5.74, 6) is -0.00110. The average Bonchev–Trinajstić information content (AvgIpc) is 2.90. The third-order valence-electron chi connectivity index (χ3n) is 3.13. The topological polar surface area (TPSA) is 59.4 Å². The molecule has 0 aromatic carbocycles. The van der Waals surface area contributed by atoms with Crippen LogP contribution in [0.4, 0.5) is 0 Å². The molecule has 1 aliphatic heterocycles. The Bertz CT molecular complexity index is 360. The second-order valence-electron chi connectivity index (χ2n) is 4.51. The van der Waals surface area contributed by atoms with E-state index in [0.29, 0.717) is 12.6 Å². The van der Waals surface area contributed by atoms with Crippen molar-refractivity contribution in [2.45, 2.75) is 19.5 Å². The predicted molar refractivity (Wildman–Crippen MR) is 67.1 cm³/mol. The van der Waals surface area contributed by atoms with Gasteiger partial charge in [0.1, 0.15) is 6.54 Å². The molecule has 0 spiro atoms. The van der Waals surface area contributed by atoms with Crippen LogP contribution in [0.25, 0.3) is 0 Å². The van der Waals surface area contributed by atoms with E-state index in [1.54, 1.807) is 17.1 Å². The number of carbonyl (C=O) groups excluding carboxylic acids is 1. The maximum absolute atomic E-state index is 11.7. The van der Waals surface area contributed by atoms with E-state index in [4.69, 9.17) is 4.74 Å². The molecule has 100 valence electrons. The van der Waals surface area contributed by atoms with Crippen molar-refractivity contribution in [1.29, 1.82) is 0 Å². The predicted octanol–water partition coefficient (Wildman–Crippen LogP) is -0.280. The summed E-state index contributed by atoms with van der Waals surface area (Å²) in [5.41, 5.74) is 0. The highest BCUT2D eigenvalue weighted by Crippen LogP contribution is 2.02. The van der Waals surface area contributed by atoms with Crippen molar-refractivity contribution < 1.29 is 9.53 Å². The van der Waals surface area contributed by atoms with Crippen molar-refractivity contribution in [3.63, 3.8) is 0 Å². The van der Waals surface area contributed by atoms with Crippen molar-refractivity contribution in [3.8, 4) is 0 Å². The van der Waals surface area contributed by atoms with Crippen LogP contribution in [0.5, 0.6) is 0 Å². The summed E-state index contributed by atoms with van der Waals surface area (Å²) in [6, 6.07) is 2.15. The number of amides is 1. The van der Waals surface area contributed by atoms with Crippen molar-refractivity contribution >= 4 is 5.91 Å². The van der Waals surface area contributed by atoms with Crippen molar-refractivity contribution in [3.05, 3.63) is 18.5 Å². The van der Waals surface area contributed by atoms with Crippen LogP contribution < -0.4 is 5.32 Å². The van der Waals surface area contributed by atoms with Crippen LogP contribution in [0.2, 0.25) is 0 Å². The number of hydrogen-bond acceptors (Lipinski definition) is 4. The molecule has 6 heteroatoms. The molecule has 0 radical (unpaired) electrons. The fraction of sp³-hybridized carbons (Fsp3) is 0.667. The van der Waals surface area contributed by atoms with E-state index in [-0.39, 0.29) is 12.5 Å². The number of carbonyl (C=O) groups is 1. The number of aromatic nitrogens is 2. The fourth-order valence-electron chi connectivity index (χ4n) is 2.01. The molecule has 1 aromatic heterocycles. The van der Waals surface area contributed by atoms with Crippen molar-refractivity contribution in [2.75, 3.05) is 32.8 Å². The number of rotatable bonds is 5. The molecule has 2 rings (SSSR count). The van der Waals surface area contributed by atoms with Gasteiger partial charge in [0.05, 0.1) is 13.2 Å². The van der Waals surface area contributed by atoms with Gasteiger partial charge >= 0.3 is 0 Å². The molecule has 6 nitrogen and oxygen atoms in total. The van der Waals surface area contributed by atoms with Gasteiger partial charge in [-0.05, 0) is 13.0 Å². The third kappa shape index (κ3) is 3.82. The van der Waals surface area contributed by atoms with Crippen LogP contribution >= 0.6 is 0 Å². The van der Waals surface area contributed by atoms with Gasteiger partial charge in [0.2, 0.25) is 5.91 Å². The Morgan fingerprint density at radius 3 is 2.94 bits per heavy atom. The highest BCUT2D eigenvalue weighted by atomic mass is 16.5. The zero-order valence-corrected chi connectivity index (χ0v) is 10.7. The molecule has 0 unspecified atom stereocenters. The first-order valence-corrected chi connectivity index (χ1v) is 6.31. The first-order valence-electron chi connectivity index (χ1n) is 6.31. The van der Waals surface area contributed by atoms with Crippen LogP contribution in [0.1, 0.15) is 6.92 Å². The van der Waals surface area contributed by atoms with Gasteiger partial charge in [-0.3, -0.25) is 14.4 Å². The molecule has 1 atom stereocenters. The van der Waals surface area contributed by atoms with E-state index in [0.717, 1.165) is 26.3 Å². The summed E-state index contributed by atoms with van der Waals surface area (Å²) in [7, 11) is 0. The molecule has 1 fully saturated rings. The van der Waals surface area contributed by atoms with Gasteiger partial charge in [-0.25, -0.2) is 0 Å². The lowest BCUT2D eigenvalue weighted by molar-refractivity contribution is -0.122. The minimum atomic E-state index is -0.00110. The summed E-state index contributed by atoms with van der Waals surface area (Å²) >= 11 is 0. The lowest BCUT2D eigenvalue weighted by Gasteiger charge is -2.32. The van der Waals surface area contributed by atoms with E-state index in [1.165, 1.54) is 0 Å². The quantitative estimate of drug-likeness (QED) is 0.783. The van der Waals surface area contributed by atoms with Gasteiger partial charge in [-0.2, -0.15) is 5.10 Å². The molecule has 0 bridgehead atoms. The maximum atomic E-state index is 11.7. The molecule has 1 aliphatic rings. The lowest BCUT2D eigenvalue weighted by atomic mass is 10.2. The second kappa shape index (κ2) is 6.51. The van der Waals surface area contributed by atoms with Gasteiger partial charge in [0, 0.05) is 38.1 Å². The number of morpholine rings is 1. The Morgan fingerprint density at radius 1 is 1.50 bits per heavy atom. The smallest absolute Gasteiger partial charge is 0.241 e. The van der Waals surface area contributed by atoms with Gasteiger partial charge in [-0.15, -0.1) is 0 Å². The molecule has 0 saturated carbocycles. The molecule has 1 aromatic rings. The zero-order chi connectivity index (χ0) is 12.8. The second-order valence-corrected chi connectivity index (χ2v) is 4.51. The van der Waals surface area contributed by atoms with Crippen LogP contribution in [0.15, 0.2) is 18.5 Å². The van der Waals surface area contributed by atoms with Crippen LogP contribution in [0.3, 0.4) is 0 Å². The van der Waals surface area contributed by atoms with Gasteiger partial charge in [0.25, 0.3) is 0 Å². The van der Waals surface area contributed by atoms with E-state index in [9.17, 15) is 4.79 Å². The normalized spacial score (nSPS) is 18.5. The van der Waals surface area contributed by atoms with Gasteiger partial charge in [0.15, 0.2) is 0 Å². The average molecular weight is 252 g/mol. The number of nitrogens with one attached hydrogen (secondary N) is 1. The molecule has 18 heavy (non-hydrogen) atoms. The SMILES string of the molecule is C[C@@H](CNC(=O)Cn1cccn1)N1CCOCC1. The number of ether oxygens (including phenoxy) is 1. The van der Waals surface area contributed by atoms with E-state index in [1.807, 2.05) is 6.07 Å². The van der Waals surface area contributed by atoms with Gasteiger partial charge in [-0.1, -0.05) is 0 Å². The molecule has 2 heterocycles. The summed E-state index contributed by atoms with van der Waals surface area (Å²) in [4.78, 5) is 14.0. The third-order valence-corrected chi connectivity index (χ3v) is 3.13. The van der Waals surface area contributed by atoms with E-state index >= 15 is 0 Å². The number of hydrogen-bond donors (Lipinski definition) is 1. The Kier molecular flexibility index (Phi) is 4.72. The fourth-order valence-corrected chi connectivity index (χ4v) is 2.01. The first-order chi connectivity index (χ1) is 8.75. The van der Waals surface area contributed by atoms with Crippen LogP contribution in [-0.2, 0) is 16.1 Å². The van der Waals surface area contributed by atoms with Gasteiger partial charge < -0.3 is 10.1 Å². The first kappa shape index (κ1) is 13.0. The highest BCUT2D eigenvalue weighted by molar-refractivity contribution is 5.75. The van der Waals surface area contributed by atoms with Crippen LogP contribution in [0, 0.1) is 0 Å². The molecule has 1 N–H and O–H groups in total.